The first-order valence-corrected chi connectivity index (χ1v) is 6.06. The number of anilines is 1. The van der Waals surface area contributed by atoms with Crippen molar-refractivity contribution < 1.29 is 5.11 Å². The first-order valence-electron chi connectivity index (χ1n) is 6.06. The summed E-state index contributed by atoms with van der Waals surface area (Å²) in [4.78, 5) is 4.36. The fourth-order valence-electron chi connectivity index (χ4n) is 1.90. The maximum atomic E-state index is 9.68. The highest BCUT2D eigenvalue weighted by Gasteiger charge is 2.04. The van der Waals surface area contributed by atoms with E-state index in [0.717, 1.165) is 16.8 Å². The summed E-state index contributed by atoms with van der Waals surface area (Å²) < 4.78 is 1.74. The number of benzene rings is 1. The highest BCUT2D eigenvalue weighted by molar-refractivity contribution is 5.45. The second-order valence-corrected chi connectivity index (χ2v) is 4.43. The lowest BCUT2D eigenvalue weighted by Crippen LogP contribution is -2.01. The number of aromatic nitrogens is 3. The van der Waals surface area contributed by atoms with Crippen LogP contribution in [0.5, 0.6) is 5.75 Å². The van der Waals surface area contributed by atoms with E-state index in [4.69, 9.17) is 0 Å². The summed E-state index contributed by atoms with van der Waals surface area (Å²) in [5, 5.41) is 17.1. The van der Waals surface area contributed by atoms with E-state index < -0.39 is 0 Å². The molecule has 0 aliphatic carbocycles. The minimum absolute atomic E-state index is 0.273. The minimum atomic E-state index is 0.273. The van der Waals surface area contributed by atoms with Gasteiger partial charge in [-0.25, -0.2) is 4.52 Å². The molecule has 0 saturated heterocycles. The van der Waals surface area contributed by atoms with E-state index in [-0.39, 0.29) is 5.75 Å². The van der Waals surface area contributed by atoms with Gasteiger partial charge in [-0.3, -0.25) is 0 Å². The number of phenolic OH excluding ortho intramolecular Hbond substituents is 1. The molecule has 0 fully saturated rings. The molecule has 19 heavy (non-hydrogen) atoms. The van der Waals surface area contributed by atoms with Crippen molar-refractivity contribution in [1.29, 1.82) is 0 Å². The average Bonchev–Trinajstić information content (AvgIpc) is 2.79. The molecule has 0 bridgehead atoms. The zero-order valence-electron chi connectivity index (χ0n) is 10.5. The Kier molecular flexibility index (Phi) is 2.79. The Bertz CT molecular complexity index is 720. The maximum absolute atomic E-state index is 9.68. The van der Waals surface area contributed by atoms with Crippen molar-refractivity contribution in [3.63, 3.8) is 0 Å². The second-order valence-electron chi connectivity index (χ2n) is 4.43. The number of aryl methyl sites for hydroxylation is 1. The van der Waals surface area contributed by atoms with E-state index in [2.05, 4.69) is 15.4 Å². The van der Waals surface area contributed by atoms with E-state index >= 15 is 0 Å². The SMILES string of the molecule is Cc1ccc2nc(NCc3ccccc3O)nn2c1. The molecule has 0 saturated carbocycles. The van der Waals surface area contributed by atoms with Crippen LogP contribution in [0.25, 0.3) is 5.65 Å². The van der Waals surface area contributed by atoms with Gasteiger partial charge in [-0.1, -0.05) is 24.3 Å². The number of fused-ring (bicyclic) bond motifs is 1. The summed E-state index contributed by atoms with van der Waals surface area (Å²) in [6.07, 6.45) is 1.92. The Balaban J connectivity index is 1.80. The van der Waals surface area contributed by atoms with Crippen molar-refractivity contribution in [2.24, 2.45) is 0 Å². The minimum Gasteiger partial charge on any atom is -0.508 e. The standard InChI is InChI=1S/C14H14N4O/c1-10-6-7-13-16-14(17-18(13)9-10)15-8-11-4-2-3-5-12(11)19/h2-7,9,19H,8H2,1H3,(H,15,17). The van der Waals surface area contributed by atoms with Crippen molar-refractivity contribution >= 4 is 11.6 Å². The Labute approximate surface area is 110 Å². The number of pyridine rings is 1. The molecule has 0 amide bonds. The summed E-state index contributed by atoms with van der Waals surface area (Å²) in [5.74, 6) is 0.823. The number of hydrogen-bond donors (Lipinski definition) is 2. The van der Waals surface area contributed by atoms with Gasteiger partial charge >= 0.3 is 0 Å². The van der Waals surface area contributed by atoms with Gasteiger partial charge in [0, 0.05) is 18.3 Å². The molecule has 5 nitrogen and oxygen atoms in total. The Morgan fingerprint density at radius 1 is 1.21 bits per heavy atom. The molecule has 5 heteroatoms. The monoisotopic (exact) mass is 254 g/mol. The summed E-state index contributed by atoms with van der Waals surface area (Å²) in [6, 6.07) is 11.1. The van der Waals surface area contributed by atoms with Crippen LogP contribution in [0.1, 0.15) is 11.1 Å². The molecule has 2 N–H and O–H groups in total. The molecule has 2 aromatic heterocycles. The topological polar surface area (TPSA) is 62.5 Å². The van der Waals surface area contributed by atoms with E-state index in [1.165, 1.54) is 0 Å². The van der Waals surface area contributed by atoms with E-state index in [9.17, 15) is 5.11 Å². The van der Waals surface area contributed by atoms with Crippen LogP contribution in [0.2, 0.25) is 0 Å². The van der Waals surface area contributed by atoms with Gasteiger partial charge in [0.25, 0.3) is 0 Å². The van der Waals surface area contributed by atoms with Crippen LogP contribution in [-0.2, 0) is 6.54 Å². The van der Waals surface area contributed by atoms with Crippen molar-refractivity contribution in [2.75, 3.05) is 5.32 Å². The van der Waals surface area contributed by atoms with E-state index in [1.807, 2.05) is 37.4 Å². The molecule has 0 spiro atoms. The van der Waals surface area contributed by atoms with Gasteiger partial charge in [-0.15, -0.1) is 5.10 Å². The zero-order chi connectivity index (χ0) is 13.2. The quantitative estimate of drug-likeness (QED) is 0.753. The predicted molar refractivity (Wildman–Crippen MR) is 73.2 cm³/mol. The van der Waals surface area contributed by atoms with Crippen molar-refractivity contribution in [2.45, 2.75) is 13.5 Å². The summed E-state index contributed by atoms with van der Waals surface area (Å²) in [6.45, 7) is 2.50. The Morgan fingerprint density at radius 3 is 2.89 bits per heavy atom. The largest absolute Gasteiger partial charge is 0.508 e. The van der Waals surface area contributed by atoms with Gasteiger partial charge in [-0.2, -0.15) is 4.98 Å². The van der Waals surface area contributed by atoms with Gasteiger partial charge in [0.15, 0.2) is 5.65 Å². The molecule has 0 unspecified atom stereocenters. The number of hydrogen-bond acceptors (Lipinski definition) is 4. The highest BCUT2D eigenvalue weighted by atomic mass is 16.3. The molecule has 0 aliphatic rings. The van der Waals surface area contributed by atoms with Crippen LogP contribution in [0.3, 0.4) is 0 Å². The van der Waals surface area contributed by atoms with Gasteiger partial charge < -0.3 is 10.4 Å². The van der Waals surface area contributed by atoms with E-state index in [1.54, 1.807) is 16.6 Å². The molecule has 0 radical (unpaired) electrons. The lowest BCUT2D eigenvalue weighted by atomic mass is 10.2. The fraction of sp³-hybridized carbons (Fsp3) is 0.143. The van der Waals surface area contributed by atoms with Crippen LogP contribution >= 0.6 is 0 Å². The second kappa shape index (κ2) is 4.61. The van der Waals surface area contributed by atoms with Crippen molar-refractivity contribution in [3.8, 4) is 5.75 Å². The molecule has 96 valence electrons. The molecule has 3 aromatic rings. The summed E-state index contributed by atoms with van der Waals surface area (Å²) >= 11 is 0. The van der Waals surface area contributed by atoms with Crippen LogP contribution in [0.4, 0.5) is 5.95 Å². The van der Waals surface area contributed by atoms with Gasteiger partial charge in [-0.05, 0) is 24.6 Å². The summed E-state index contributed by atoms with van der Waals surface area (Å²) in [7, 11) is 0. The first-order chi connectivity index (χ1) is 9.22. The van der Waals surface area contributed by atoms with Crippen LogP contribution in [0, 0.1) is 6.92 Å². The smallest absolute Gasteiger partial charge is 0.243 e. The molecule has 2 heterocycles. The highest BCUT2D eigenvalue weighted by Crippen LogP contribution is 2.16. The van der Waals surface area contributed by atoms with Crippen LogP contribution in [-0.4, -0.2) is 19.7 Å². The van der Waals surface area contributed by atoms with Crippen molar-refractivity contribution in [3.05, 3.63) is 53.7 Å². The molecular weight excluding hydrogens is 240 g/mol. The third kappa shape index (κ3) is 2.35. The lowest BCUT2D eigenvalue weighted by Gasteiger charge is -2.03. The molecule has 1 aromatic carbocycles. The number of nitrogens with zero attached hydrogens (tertiary/aromatic N) is 3. The molecular formula is C14H14N4O. The number of phenols is 1. The Morgan fingerprint density at radius 2 is 2.05 bits per heavy atom. The van der Waals surface area contributed by atoms with E-state index in [0.29, 0.717) is 12.5 Å². The fourth-order valence-corrected chi connectivity index (χ4v) is 1.90. The molecule has 3 rings (SSSR count). The number of nitrogens with one attached hydrogen (secondary N) is 1. The lowest BCUT2D eigenvalue weighted by molar-refractivity contribution is 0.469. The van der Waals surface area contributed by atoms with Gasteiger partial charge in [0.05, 0.1) is 0 Å². The normalized spacial score (nSPS) is 10.8. The third-order valence-corrected chi connectivity index (χ3v) is 2.91. The Hall–Kier alpha value is -2.56. The average molecular weight is 254 g/mol. The van der Waals surface area contributed by atoms with Gasteiger partial charge in [0.1, 0.15) is 5.75 Å². The van der Waals surface area contributed by atoms with Crippen LogP contribution in [0.15, 0.2) is 42.6 Å². The molecule has 0 atom stereocenters. The van der Waals surface area contributed by atoms with Gasteiger partial charge in [0.2, 0.25) is 5.95 Å². The predicted octanol–water partition coefficient (Wildman–Crippen LogP) is 2.36. The van der Waals surface area contributed by atoms with Crippen molar-refractivity contribution in [1.82, 2.24) is 14.6 Å². The third-order valence-electron chi connectivity index (χ3n) is 2.91. The number of aromatic hydroxyl groups is 1. The van der Waals surface area contributed by atoms with Crippen LogP contribution < -0.4 is 5.32 Å². The first kappa shape index (κ1) is 11.5. The summed E-state index contributed by atoms with van der Waals surface area (Å²) in [5.41, 5.74) is 2.74. The molecule has 0 aliphatic heterocycles. The number of rotatable bonds is 3. The zero-order valence-corrected chi connectivity index (χ0v) is 10.5. The maximum Gasteiger partial charge on any atom is 0.243 e. The number of para-hydroxylation sites is 1.